The minimum Gasteiger partial charge on any atom is -0.310 e. The highest BCUT2D eigenvalue weighted by atomic mass is 32.1. The van der Waals surface area contributed by atoms with Crippen LogP contribution in [0, 0.1) is 24.5 Å². The van der Waals surface area contributed by atoms with Crippen LogP contribution in [0.3, 0.4) is 0 Å². The van der Waals surface area contributed by atoms with E-state index in [1.165, 1.54) is 0 Å². The molecule has 7 aromatic carbocycles. The third-order valence-corrected chi connectivity index (χ3v) is 11.2. The third-order valence-electron chi connectivity index (χ3n) is 9.95. The molecule has 5 nitrogen and oxygen atoms in total. The van der Waals surface area contributed by atoms with Gasteiger partial charge in [0.25, 0.3) is 0 Å². The molecule has 0 spiro atoms. The zero-order chi connectivity index (χ0) is 34.2. The number of hydrogen-bond donors (Lipinski definition) is 0. The largest absolute Gasteiger partial charge is 0.310 e. The highest BCUT2D eigenvalue weighted by molar-refractivity contribution is 7.27. The van der Waals surface area contributed by atoms with Crippen molar-refractivity contribution in [1.82, 2.24) is 9.13 Å². The molecular formula is C45H23N5S. The Morgan fingerprint density at radius 3 is 1.80 bits per heavy atom. The zero-order valence-electron chi connectivity index (χ0n) is 26.9. The van der Waals surface area contributed by atoms with Crippen molar-refractivity contribution in [3.05, 3.63) is 168 Å². The highest BCUT2D eigenvalue weighted by Crippen LogP contribution is 2.49. The third kappa shape index (κ3) is 4.11. The molecule has 51 heavy (non-hydrogen) atoms. The molecule has 0 aliphatic heterocycles. The molecule has 0 amide bonds. The van der Waals surface area contributed by atoms with Crippen molar-refractivity contribution in [1.29, 1.82) is 5.26 Å². The molecular weight excluding hydrogens is 643 g/mol. The summed E-state index contributed by atoms with van der Waals surface area (Å²) in [6.45, 7) is 16.0. The Balaban J connectivity index is 1.20. The van der Waals surface area contributed by atoms with E-state index >= 15 is 0 Å². The molecule has 10 rings (SSSR count). The maximum absolute atomic E-state index is 9.61. The van der Waals surface area contributed by atoms with Crippen LogP contribution >= 0.6 is 11.3 Å². The molecule has 0 fully saturated rings. The van der Waals surface area contributed by atoms with Crippen LogP contribution in [0.1, 0.15) is 5.56 Å². The van der Waals surface area contributed by atoms with Gasteiger partial charge in [0, 0.05) is 47.8 Å². The lowest BCUT2D eigenvalue weighted by atomic mass is 10.0. The lowest BCUT2D eigenvalue weighted by Crippen LogP contribution is -1.96. The van der Waals surface area contributed by atoms with Crippen molar-refractivity contribution in [3.63, 3.8) is 0 Å². The van der Waals surface area contributed by atoms with Crippen LogP contribution in [0.2, 0.25) is 0 Å². The van der Waals surface area contributed by atoms with E-state index in [4.69, 9.17) is 13.1 Å². The summed E-state index contributed by atoms with van der Waals surface area (Å²) >= 11 is 1.54. The summed E-state index contributed by atoms with van der Waals surface area (Å²) in [5.74, 6) is 0. The zero-order valence-corrected chi connectivity index (χ0v) is 27.7. The molecule has 0 unspecified atom stereocenters. The van der Waals surface area contributed by atoms with E-state index in [9.17, 15) is 5.26 Å². The molecule has 6 heteroatoms. The number of thiophene rings is 1. The number of fused-ring (bicyclic) bond motifs is 10. The number of hydrogen-bond acceptors (Lipinski definition) is 2. The Morgan fingerprint density at radius 1 is 0.490 bits per heavy atom. The van der Waals surface area contributed by atoms with Gasteiger partial charge in [-0.25, -0.2) is 9.69 Å². The Labute approximate surface area is 296 Å². The number of rotatable bonds is 3. The fourth-order valence-electron chi connectivity index (χ4n) is 7.81. The normalized spacial score (nSPS) is 11.5. The standard InChI is InChI=1S/C45H23N5S/c1-47-36-17-9-16-34-43-42-33-15-4-6-19-39(33)50(41(42)25-37(48-2)45(43)51-44(34)36)31-13-8-11-29(24-31)28-10-7-12-30(23-28)49-38-18-5-3-14-32(38)35-22-27(26-46)20-21-40(35)49/h3-25H. The van der Waals surface area contributed by atoms with E-state index in [0.717, 1.165) is 86.3 Å². The number of para-hydroxylation sites is 2. The van der Waals surface area contributed by atoms with Gasteiger partial charge in [-0.2, -0.15) is 16.6 Å². The van der Waals surface area contributed by atoms with Gasteiger partial charge in [-0.3, -0.25) is 0 Å². The molecule has 10 aromatic rings. The van der Waals surface area contributed by atoms with Gasteiger partial charge in [-0.1, -0.05) is 78.9 Å². The van der Waals surface area contributed by atoms with Crippen molar-refractivity contribution >= 4 is 86.5 Å². The summed E-state index contributed by atoms with van der Waals surface area (Å²) in [5.41, 5.74) is 10.2. The molecule has 0 atom stereocenters. The van der Waals surface area contributed by atoms with Gasteiger partial charge >= 0.3 is 0 Å². The van der Waals surface area contributed by atoms with Crippen LogP contribution in [0.25, 0.3) is 96.0 Å². The lowest BCUT2D eigenvalue weighted by molar-refractivity contribution is 1.17. The van der Waals surface area contributed by atoms with Crippen molar-refractivity contribution in [2.75, 3.05) is 0 Å². The SMILES string of the molecule is [C-]#[N+]c1cccc2c1sc1c([N+]#[C-])cc3c(c4ccccc4n3-c3cccc(-c4cccc(-n5c6ccccc6c6cc(C#N)ccc65)c4)c3)c12. The van der Waals surface area contributed by atoms with Gasteiger partial charge in [0.2, 0.25) is 11.4 Å². The van der Waals surface area contributed by atoms with Crippen molar-refractivity contribution < 1.29 is 0 Å². The summed E-state index contributed by atoms with van der Waals surface area (Å²) < 4.78 is 6.39. The van der Waals surface area contributed by atoms with E-state index < -0.39 is 0 Å². The minimum absolute atomic E-state index is 0.593. The van der Waals surface area contributed by atoms with Crippen molar-refractivity contribution in [2.45, 2.75) is 0 Å². The van der Waals surface area contributed by atoms with E-state index in [-0.39, 0.29) is 0 Å². The fourth-order valence-corrected chi connectivity index (χ4v) is 9.03. The predicted octanol–water partition coefficient (Wildman–Crippen LogP) is 12.9. The smallest absolute Gasteiger partial charge is 0.206 e. The first-order valence-corrected chi connectivity index (χ1v) is 17.3. The summed E-state index contributed by atoms with van der Waals surface area (Å²) in [7, 11) is 0. The Hall–Kier alpha value is -7.17. The second kappa shape index (κ2) is 10.9. The van der Waals surface area contributed by atoms with Crippen LogP contribution in [-0.2, 0) is 0 Å². The van der Waals surface area contributed by atoms with Crippen LogP contribution in [-0.4, -0.2) is 9.13 Å². The molecule has 3 heterocycles. The molecule has 3 aromatic heterocycles. The molecule has 0 aliphatic rings. The number of aromatic nitrogens is 2. The van der Waals surface area contributed by atoms with E-state index in [0.29, 0.717) is 16.9 Å². The molecule has 0 saturated carbocycles. The predicted molar refractivity (Wildman–Crippen MR) is 211 cm³/mol. The highest BCUT2D eigenvalue weighted by Gasteiger charge is 2.21. The van der Waals surface area contributed by atoms with Crippen molar-refractivity contribution in [3.8, 4) is 28.6 Å². The van der Waals surface area contributed by atoms with E-state index in [1.807, 2.05) is 42.5 Å². The summed E-state index contributed by atoms with van der Waals surface area (Å²) in [6.07, 6.45) is 0. The van der Waals surface area contributed by atoms with Crippen LogP contribution in [0.4, 0.5) is 11.4 Å². The lowest BCUT2D eigenvalue weighted by Gasteiger charge is -2.13. The van der Waals surface area contributed by atoms with Crippen LogP contribution in [0.5, 0.6) is 0 Å². The van der Waals surface area contributed by atoms with Gasteiger partial charge in [-0.15, -0.1) is 0 Å². The van der Waals surface area contributed by atoms with Crippen LogP contribution in [0.15, 0.2) is 140 Å². The summed E-state index contributed by atoms with van der Waals surface area (Å²) in [6, 6.07) is 50.0. The van der Waals surface area contributed by atoms with Crippen LogP contribution < -0.4 is 0 Å². The topological polar surface area (TPSA) is 42.4 Å². The maximum atomic E-state index is 9.61. The van der Waals surface area contributed by atoms with Gasteiger partial charge in [-0.05, 0) is 82.6 Å². The number of benzene rings is 7. The van der Waals surface area contributed by atoms with Gasteiger partial charge in [0.15, 0.2) is 0 Å². The van der Waals surface area contributed by atoms with Crippen molar-refractivity contribution in [2.24, 2.45) is 0 Å². The maximum Gasteiger partial charge on any atom is 0.206 e. The number of nitriles is 1. The average molecular weight is 666 g/mol. The molecule has 0 aliphatic carbocycles. The van der Waals surface area contributed by atoms with Gasteiger partial charge in [0.05, 0.1) is 41.3 Å². The minimum atomic E-state index is 0.593. The first kappa shape index (κ1) is 28.8. The number of nitrogens with zero attached hydrogens (tertiary/aromatic N) is 5. The summed E-state index contributed by atoms with van der Waals surface area (Å²) in [4.78, 5) is 7.81. The van der Waals surface area contributed by atoms with E-state index in [1.54, 1.807) is 11.3 Å². The second-order valence-electron chi connectivity index (χ2n) is 12.6. The fraction of sp³-hybridized carbons (Fsp3) is 0. The average Bonchev–Trinajstić information content (AvgIpc) is 3.85. The second-order valence-corrected chi connectivity index (χ2v) is 13.6. The first-order valence-electron chi connectivity index (χ1n) is 16.5. The first-order chi connectivity index (χ1) is 25.2. The summed E-state index contributed by atoms with van der Waals surface area (Å²) in [5, 5.41) is 16.0. The monoisotopic (exact) mass is 665 g/mol. The molecule has 0 N–H and O–H groups in total. The van der Waals surface area contributed by atoms with E-state index in [2.05, 4.69) is 122 Å². The molecule has 234 valence electrons. The molecule has 0 saturated heterocycles. The molecule has 0 radical (unpaired) electrons. The quantitative estimate of drug-likeness (QED) is 0.173. The van der Waals surface area contributed by atoms with Gasteiger partial charge in [0.1, 0.15) is 0 Å². The Kier molecular flexibility index (Phi) is 6.17. The molecule has 0 bridgehead atoms. The Bertz CT molecular complexity index is 3240. The van der Waals surface area contributed by atoms with Gasteiger partial charge < -0.3 is 9.13 Å². The Morgan fingerprint density at radius 2 is 1.10 bits per heavy atom.